The van der Waals surface area contributed by atoms with Gasteiger partial charge in [0.25, 0.3) is 5.91 Å². The number of nitrogens with one attached hydrogen (secondary N) is 1. The quantitative estimate of drug-likeness (QED) is 0.608. The van der Waals surface area contributed by atoms with Crippen LogP contribution in [0, 0.1) is 0 Å². The lowest BCUT2D eigenvalue weighted by atomic mass is 10.3. The molecule has 2 aromatic carbocycles. The van der Waals surface area contributed by atoms with Crippen LogP contribution in [0.3, 0.4) is 0 Å². The van der Waals surface area contributed by atoms with Crippen LogP contribution in [0.25, 0.3) is 10.2 Å². The van der Waals surface area contributed by atoms with E-state index in [1.165, 1.54) is 16.2 Å². The molecule has 0 aliphatic heterocycles. The van der Waals surface area contributed by atoms with Gasteiger partial charge in [0.2, 0.25) is 0 Å². The molecule has 0 bridgehead atoms. The van der Waals surface area contributed by atoms with E-state index in [1.54, 1.807) is 36.3 Å². The monoisotopic (exact) mass is 420 g/mol. The first kappa shape index (κ1) is 20.4. The number of hydrogen-bond acceptors (Lipinski definition) is 5. The van der Waals surface area contributed by atoms with E-state index in [0.29, 0.717) is 28.2 Å². The Kier molecular flexibility index (Phi) is 6.72. The molecule has 0 saturated carbocycles. The molecule has 0 fully saturated rings. The van der Waals surface area contributed by atoms with E-state index in [0.717, 1.165) is 16.8 Å². The first-order chi connectivity index (χ1) is 13.5. The van der Waals surface area contributed by atoms with Crippen molar-refractivity contribution in [1.82, 2.24) is 4.98 Å². The lowest BCUT2D eigenvalue weighted by Gasteiger charge is -2.20. The van der Waals surface area contributed by atoms with Crippen molar-refractivity contribution in [3.63, 3.8) is 0 Å². The number of benzene rings is 2. The van der Waals surface area contributed by atoms with E-state index in [-0.39, 0.29) is 12.5 Å². The van der Waals surface area contributed by atoms with Gasteiger partial charge in [-0.15, -0.1) is 0 Å². The second-order valence-corrected chi connectivity index (χ2v) is 7.99. The van der Waals surface area contributed by atoms with E-state index in [9.17, 15) is 4.79 Å². The Morgan fingerprint density at radius 1 is 1.21 bits per heavy atom. The number of carbonyl (C=O) groups is 1. The molecule has 1 N–H and O–H groups in total. The maximum atomic E-state index is 12.9. The van der Waals surface area contributed by atoms with Gasteiger partial charge in [-0.2, -0.15) is 0 Å². The molecule has 28 heavy (non-hydrogen) atoms. The molecule has 0 aliphatic rings. The normalized spacial score (nSPS) is 11.0. The highest BCUT2D eigenvalue weighted by Crippen LogP contribution is 2.34. The summed E-state index contributed by atoms with van der Waals surface area (Å²) < 4.78 is 12.0. The molecular formula is C20H23ClN3O3S+. The number of anilines is 1. The van der Waals surface area contributed by atoms with Gasteiger partial charge in [-0.05, 0) is 36.4 Å². The van der Waals surface area contributed by atoms with E-state index in [4.69, 9.17) is 21.1 Å². The van der Waals surface area contributed by atoms with Gasteiger partial charge in [0.15, 0.2) is 11.7 Å². The number of hydrogen-bond donors (Lipinski definition) is 1. The molecule has 1 heterocycles. The molecule has 0 saturated heterocycles. The second-order valence-electron chi connectivity index (χ2n) is 6.55. The minimum atomic E-state index is -0.144. The molecule has 8 heteroatoms. The van der Waals surface area contributed by atoms with Crippen LogP contribution in [-0.4, -0.2) is 51.8 Å². The number of quaternary nitrogens is 1. The number of para-hydroxylation sites is 1. The zero-order valence-electron chi connectivity index (χ0n) is 16.1. The van der Waals surface area contributed by atoms with Crippen molar-refractivity contribution in [3.05, 3.63) is 47.5 Å². The fraction of sp³-hybridized carbons (Fsp3) is 0.300. The summed E-state index contributed by atoms with van der Waals surface area (Å²) in [5, 5.41) is 1.27. The van der Waals surface area contributed by atoms with Crippen molar-refractivity contribution in [2.75, 3.05) is 45.8 Å². The topological polar surface area (TPSA) is 56.1 Å². The fourth-order valence-corrected chi connectivity index (χ4v) is 3.76. The first-order valence-electron chi connectivity index (χ1n) is 8.89. The second kappa shape index (κ2) is 9.23. The molecule has 0 spiro atoms. The van der Waals surface area contributed by atoms with Gasteiger partial charge < -0.3 is 14.4 Å². The third-order valence-corrected chi connectivity index (χ3v) is 5.43. The summed E-state index contributed by atoms with van der Waals surface area (Å²) in [6.45, 7) is 1.27. The van der Waals surface area contributed by atoms with Gasteiger partial charge in [0.1, 0.15) is 17.0 Å². The van der Waals surface area contributed by atoms with E-state index in [2.05, 4.69) is 4.98 Å². The van der Waals surface area contributed by atoms with E-state index in [1.807, 2.05) is 32.3 Å². The van der Waals surface area contributed by atoms with Crippen LogP contribution in [-0.2, 0) is 4.79 Å². The minimum absolute atomic E-state index is 0.0720. The third-order valence-electron chi connectivity index (χ3n) is 4.13. The Morgan fingerprint density at radius 2 is 1.96 bits per heavy atom. The Balaban J connectivity index is 1.81. The summed E-state index contributed by atoms with van der Waals surface area (Å²) in [5.74, 6) is 1.15. The number of ether oxygens (including phenoxy) is 2. The van der Waals surface area contributed by atoms with Crippen molar-refractivity contribution in [1.29, 1.82) is 0 Å². The van der Waals surface area contributed by atoms with Crippen LogP contribution in [0.4, 0.5) is 5.13 Å². The summed E-state index contributed by atoms with van der Waals surface area (Å²) in [5.41, 5.74) is 0.763. The molecule has 6 nitrogen and oxygen atoms in total. The Hall–Kier alpha value is -2.35. The molecule has 1 aromatic heterocycles. The van der Waals surface area contributed by atoms with Crippen LogP contribution in [0.2, 0.25) is 5.02 Å². The van der Waals surface area contributed by atoms with Gasteiger partial charge >= 0.3 is 0 Å². The van der Waals surface area contributed by atoms with Crippen molar-refractivity contribution >= 4 is 44.2 Å². The zero-order chi connectivity index (χ0) is 20.1. The molecule has 0 unspecified atom stereocenters. The largest absolute Gasteiger partial charge is 0.494 e. The smallest absolute Gasteiger partial charge is 0.266 e. The standard InChI is InChI=1S/C20H22ClN3O3S/c1-23(2)11-12-24(18(25)13-27-15-9-7-14(21)8-10-15)20-22-19-16(26-3)5-4-6-17(19)28-20/h4-10H,11-13H2,1-3H3/p+1. The number of aromatic nitrogens is 1. The number of nitrogens with zero attached hydrogens (tertiary/aromatic N) is 2. The maximum Gasteiger partial charge on any atom is 0.266 e. The number of thiazole rings is 1. The molecule has 0 radical (unpaired) electrons. The molecule has 0 atom stereocenters. The van der Waals surface area contributed by atoms with E-state index < -0.39 is 0 Å². The van der Waals surface area contributed by atoms with Crippen LogP contribution >= 0.6 is 22.9 Å². The maximum absolute atomic E-state index is 12.9. The third kappa shape index (κ3) is 4.92. The summed E-state index contributed by atoms with van der Waals surface area (Å²) in [6.07, 6.45) is 0. The van der Waals surface area contributed by atoms with Crippen LogP contribution in [0.5, 0.6) is 11.5 Å². The Labute approximate surface area is 173 Å². The summed E-state index contributed by atoms with van der Waals surface area (Å²) in [4.78, 5) is 20.5. The average molecular weight is 421 g/mol. The lowest BCUT2D eigenvalue weighted by Crippen LogP contribution is -3.06. The number of likely N-dealkylation sites (N-methyl/N-ethyl adjacent to an activating group) is 1. The number of halogens is 1. The minimum Gasteiger partial charge on any atom is -0.494 e. The number of methoxy groups -OCH3 is 1. The van der Waals surface area contributed by atoms with Crippen LogP contribution in [0.1, 0.15) is 0 Å². The molecule has 3 aromatic rings. The highest BCUT2D eigenvalue weighted by molar-refractivity contribution is 7.22. The predicted octanol–water partition coefficient (Wildman–Crippen LogP) is 2.51. The van der Waals surface area contributed by atoms with Crippen molar-refractivity contribution in [2.24, 2.45) is 0 Å². The van der Waals surface area contributed by atoms with Gasteiger partial charge in [-0.1, -0.05) is 29.0 Å². The molecule has 148 valence electrons. The average Bonchev–Trinajstić information content (AvgIpc) is 3.11. The van der Waals surface area contributed by atoms with Crippen molar-refractivity contribution < 1.29 is 19.2 Å². The van der Waals surface area contributed by atoms with E-state index >= 15 is 0 Å². The highest BCUT2D eigenvalue weighted by Gasteiger charge is 2.22. The molecule has 1 amide bonds. The molecule has 3 rings (SSSR count). The van der Waals surface area contributed by atoms with Crippen LogP contribution < -0.4 is 19.3 Å². The summed E-state index contributed by atoms with van der Waals surface area (Å²) >= 11 is 7.36. The predicted molar refractivity (Wildman–Crippen MR) is 113 cm³/mol. The fourth-order valence-electron chi connectivity index (χ4n) is 2.61. The number of fused-ring (bicyclic) bond motifs is 1. The summed E-state index contributed by atoms with van der Waals surface area (Å²) in [6, 6.07) is 12.7. The number of carbonyl (C=O) groups excluding carboxylic acids is 1. The lowest BCUT2D eigenvalue weighted by molar-refractivity contribution is -0.856. The number of rotatable bonds is 8. The molecular weight excluding hydrogens is 398 g/mol. The van der Waals surface area contributed by atoms with Crippen molar-refractivity contribution in [3.8, 4) is 11.5 Å². The zero-order valence-corrected chi connectivity index (χ0v) is 17.6. The van der Waals surface area contributed by atoms with Gasteiger partial charge in [-0.25, -0.2) is 4.98 Å². The number of amides is 1. The van der Waals surface area contributed by atoms with Gasteiger partial charge in [-0.3, -0.25) is 9.69 Å². The highest BCUT2D eigenvalue weighted by atomic mass is 35.5. The first-order valence-corrected chi connectivity index (χ1v) is 10.1. The van der Waals surface area contributed by atoms with Crippen LogP contribution in [0.15, 0.2) is 42.5 Å². The Bertz CT molecular complexity index is 944. The van der Waals surface area contributed by atoms with Crippen molar-refractivity contribution in [2.45, 2.75) is 0 Å². The van der Waals surface area contributed by atoms with Gasteiger partial charge in [0, 0.05) is 5.02 Å². The van der Waals surface area contributed by atoms with Gasteiger partial charge in [0.05, 0.1) is 39.0 Å². The Morgan fingerprint density at radius 3 is 2.64 bits per heavy atom. The molecule has 0 aliphatic carbocycles. The summed E-state index contributed by atoms with van der Waals surface area (Å²) in [7, 11) is 5.72. The SMILES string of the molecule is COc1cccc2sc(N(CC[NH+](C)C)C(=O)COc3ccc(Cl)cc3)nc12.